The van der Waals surface area contributed by atoms with Crippen LogP contribution >= 0.6 is 0 Å². The van der Waals surface area contributed by atoms with E-state index in [2.05, 4.69) is 15.5 Å². The first-order valence-electron chi connectivity index (χ1n) is 12.0. The molecular formula is C25H29F2N5O2S. The minimum atomic E-state index is -3.66. The summed E-state index contributed by atoms with van der Waals surface area (Å²) in [7, 11) is -3.66. The average Bonchev–Trinajstić information content (AvgIpc) is 3.36. The van der Waals surface area contributed by atoms with Gasteiger partial charge in [-0.15, -0.1) is 10.2 Å². The third-order valence-corrected chi connectivity index (χ3v) is 9.59. The number of hydrogen-bond donors (Lipinski definition) is 1. The molecule has 1 N–H and O–H groups in total. The average molecular weight is 502 g/mol. The molecule has 2 aliphatic rings. The molecule has 0 saturated carbocycles. The maximum absolute atomic E-state index is 15.2. The van der Waals surface area contributed by atoms with Crippen LogP contribution in [0.1, 0.15) is 48.1 Å². The molecule has 7 nitrogen and oxygen atoms in total. The van der Waals surface area contributed by atoms with Crippen molar-refractivity contribution in [3.05, 3.63) is 77.9 Å². The molecule has 186 valence electrons. The van der Waals surface area contributed by atoms with Crippen molar-refractivity contribution in [3.63, 3.8) is 0 Å². The van der Waals surface area contributed by atoms with E-state index < -0.39 is 32.1 Å². The van der Waals surface area contributed by atoms with Gasteiger partial charge in [-0.2, -0.15) is 0 Å². The summed E-state index contributed by atoms with van der Waals surface area (Å²) in [5, 5.41) is 9.10. The molecule has 10 heteroatoms. The van der Waals surface area contributed by atoms with E-state index in [0.717, 1.165) is 24.5 Å². The fourth-order valence-corrected chi connectivity index (χ4v) is 7.41. The van der Waals surface area contributed by atoms with Gasteiger partial charge >= 0.3 is 0 Å². The van der Waals surface area contributed by atoms with Crippen LogP contribution in [-0.2, 0) is 16.3 Å². The summed E-state index contributed by atoms with van der Waals surface area (Å²) in [6.45, 7) is 1.67. The standard InChI is InChI=1S/C25H29F2N5O2S/c26-21-15-23(31-11-8-20(9-12-31)32-16-29-30-17-32)22(27)13-19(21)14-25-28-10-4-7-24(35(25,33)34)18-5-2-1-3-6-18/h1-3,5-6,13,15-17,20,24-25,28H,4,7-12,14H2/t24-,25?/m1/s1. The van der Waals surface area contributed by atoms with Gasteiger partial charge in [-0.3, -0.25) is 0 Å². The normalized spacial score (nSPS) is 23.2. The van der Waals surface area contributed by atoms with Crippen LogP contribution in [0.5, 0.6) is 0 Å². The zero-order valence-electron chi connectivity index (χ0n) is 19.4. The second-order valence-electron chi connectivity index (χ2n) is 9.30. The highest BCUT2D eigenvalue weighted by Gasteiger charge is 2.37. The Kier molecular flexibility index (Phi) is 6.84. The lowest BCUT2D eigenvalue weighted by Crippen LogP contribution is -2.39. The van der Waals surface area contributed by atoms with E-state index in [0.29, 0.717) is 32.5 Å². The number of rotatable bonds is 5. The highest BCUT2D eigenvalue weighted by molar-refractivity contribution is 7.92. The van der Waals surface area contributed by atoms with Crippen LogP contribution < -0.4 is 10.2 Å². The molecule has 2 fully saturated rings. The van der Waals surface area contributed by atoms with Crippen LogP contribution in [0.2, 0.25) is 0 Å². The molecule has 2 saturated heterocycles. The maximum Gasteiger partial charge on any atom is 0.173 e. The molecule has 3 aromatic rings. The van der Waals surface area contributed by atoms with Crippen molar-refractivity contribution >= 4 is 15.5 Å². The SMILES string of the molecule is O=S1(=O)C(Cc2cc(F)c(N3CCC(n4cnnc4)CC3)cc2F)NCCC[C@@H]1c1ccccc1. The summed E-state index contributed by atoms with van der Waals surface area (Å²) in [6.07, 6.45) is 5.95. The summed E-state index contributed by atoms with van der Waals surface area (Å²) >= 11 is 0. The van der Waals surface area contributed by atoms with Crippen LogP contribution in [0.15, 0.2) is 55.1 Å². The minimum Gasteiger partial charge on any atom is -0.369 e. The Labute approximate surface area is 204 Å². The van der Waals surface area contributed by atoms with Crippen molar-refractivity contribution in [2.45, 2.75) is 48.8 Å². The third kappa shape index (κ3) is 4.95. The van der Waals surface area contributed by atoms with Gasteiger partial charge in [0.1, 0.15) is 29.7 Å². The Morgan fingerprint density at radius 1 is 0.971 bits per heavy atom. The minimum absolute atomic E-state index is 0.0698. The number of piperidine rings is 1. The van der Waals surface area contributed by atoms with Crippen LogP contribution in [0.3, 0.4) is 0 Å². The molecule has 35 heavy (non-hydrogen) atoms. The van der Waals surface area contributed by atoms with Gasteiger partial charge in [-0.25, -0.2) is 17.2 Å². The molecular weight excluding hydrogens is 472 g/mol. The van der Waals surface area contributed by atoms with E-state index in [4.69, 9.17) is 0 Å². The smallest absolute Gasteiger partial charge is 0.173 e. The van der Waals surface area contributed by atoms with E-state index in [1.165, 1.54) is 6.07 Å². The Morgan fingerprint density at radius 3 is 2.40 bits per heavy atom. The highest BCUT2D eigenvalue weighted by Crippen LogP contribution is 2.34. The third-order valence-electron chi connectivity index (χ3n) is 7.16. The van der Waals surface area contributed by atoms with Gasteiger partial charge in [0.05, 0.1) is 10.9 Å². The molecule has 0 amide bonds. The van der Waals surface area contributed by atoms with Gasteiger partial charge in [0.2, 0.25) is 0 Å². The van der Waals surface area contributed by atoms with Crippen molar-refractivity contribution in [1.82, 2.24) is 20.1 Å². The lowest BCUT2D eigenvalue weighted by molar-refractivity contribution is 0.392. The number of anilines is 1. The molecule has 2 aromatic carbocycles. The molecule has 2 aliphatic heterocycles. The van der Waals surface area contributed by atoms with Crippen molar-refractivity contribution in [2.75, 3.05) is 24.5 Å². The number of nitrogens with zero attached hydrogens (tertiary/aromatic N) is 4. The maximum atomic E-state index is 15.2. The topological polar surface area (TPSA) is 80.1 Å². The van der Waals surface area contributed by atoms with Crippen molar-refractivity contribution < 1.29 is 17.2 Å². The predicted octanol–water partition coefficient (Wildman–Crippen LogP) is 3.81. The number of hydrogen-bond acceptors (Lipinski definition) is 6. The number of halogens is 2. The van der Waals surface area contributed by atoms with E-state index in [-0.39, 0.29) is 23.7 Å². The van der Waals surface area contributed by atoms with E-state index in [9.17, 15) is 8.42 Å². The second-order valence-corrected chi connectivity index (χ2v) is 11.6. The summed E-state index contributed by atoms with van der Waals surface area (Å²) in [5.41, 5.74) is 1.02. The van der Waals surface area contributed by atoms with E-state index in [1.54, 1.807) is 12.7 Å². The Morgan fingerprint density at radius 2 is 1.69 bits per heavy atom. The first-order chi connectivity index (χ1) is 16.9. The van der Waals surface area contributed by atoms with Gasteiger partial charge in [0, 0.05) is 31.6 Å². The Bertz CT molecular complexity index is 1250. The van der Waals surface area contributed by atoms with Crippen molar-refractivity contribution in [2.24, 2.45) is 0 Å². The van der Waals surface area contributed by atoms with Crippen LogP contribution in [0.4, 0.5) is 14.5 Å². The number of sulfone groups is 1. The summed E-state index contributed by atoms with van der Waals surface area (Å²) in [4.78, 5) is 1.84. The van der Waals surface area contributed by atoms with Crippen LogP contribution in [0, 0.1) is 11.6 Å². The number of benzene rings is 2. The van der Waals surface area contributed by atoms with E-state index >= 15 is 8.78 Å². The fourth-order valence-electron chi connectivity index (χ4n) is 5.22. The molecule has 3 heterocycles. The molecule has 5 rings (SSSR count). The molecule has 1 aromatic heterocycles. The molecule has 0 radical (unpaired) electrons. The second kappa shape index (κ2) is 10.0. The van der Waals surface area contributed by atoms with Crippen molar-refractivity contribution in [3.8, 4) is 0 Å². The fraction of sp³-hybridized carbons (Fsp3) is 0.440. The van der Waals surface area contributed by atoms with Gasteiger partial charge in [0.15, 0.2) is 9.84 Å². The highest BCUT2D eigenvalue weighted by atomic mass is 32.2. The van der Waals surface area contributed by atoms with Crippen LogP contribution in [-0.4, -0.2) is 48.2 Å². The largest absolute Gasteiger partial charge is 0.369 e. The Hall–Kier alpha value is -2.85. The monoisotopic (exact) mass is 501 g/mol. The Balaban J connectivity index is 1.33. The molecule has 2 atom stereocenters. The zero-order chi connectivity index (χ0) is 24.4. The van der Waals surface area contributed by atoms with E-state index in [1.807, 2.05) is 39.8 Å². The summed E-state index contributed by atoms with van der Waals surface area (Å²) < 4.78 is 59.2. The molecule has 0 aliphatic carbocycles. The van der Waals surface area contributed by atoms with Crippen molar-refractivity contribution in [1.29, 1.82) is 0 Å². The predicted molar refractivity (Wildman–Crippen MR) is 130 cm³/mol. The molecule has 0 bridgehead atoms. The van der Waals surface area contributed by atoms with Gasteiger partial charge in [-0.1, -0.05) is 30.3 Å². The molecule has 1 unspecified atom stereocenters. The number of aromatic nitrogens is 3. The first kappa shape index (κ1) is 23.9. The summed E-state index contributed by atoms with van der Waals surface area (Å²) in [6, 6.07) is 11.7. The van der Waals surface area contributed by atoms with Gasteiger partial charge in [-0.05, 0) is 49.4 Å². The number of nitrogens with one attached hydrogen (secondary N) is 1. The lowest BCUT2D eigenvalue weighted by Gasteiger charge is -2.34. The lowest BCUT2D eigenvalue weighted by atomic mass is 10.0. The molecule has 0 spiro atoms. The van der Waals surface area contributed by atoms with Crippen LogP contribution in [0.25, 0.3) is 0 Å². The van der Waals surface area contributed by atoms with Gasteiger partial charge in [0.25, 0.3) is 0 Å². The van der Waals surface area contributed by atoms with Gasteiger partial charge < -0.3 is 14.8 Å². The quantitative estimate of drug-likeness (QED) is 0.573. The zero-order valence-corrected chi connectivity index (χ0v) is 20.2. The first-order valence-corrected chi connectivity index (χ1v) is 13.6. The summed E-state index contributed by atoms with van der Waals surface area (Å²) in [5.74, 6) is -1.12.